The largest absolute Gasteiger partial charge is 0.496 e. The zero-order chi connectivity index (χ0) is 11.5. The van der Waals surface area contributed by atoms with E-state index in [-0.39, 0.29) is 12.0 Å². The SMILES string of the molecule is C#CCC(C)(O)c1c(F)cccc1OC. The van der Waals surface area contributed by atoms with Gasteiger partial charge in [-0.15, -0.1) is 12.3 Å². The highest BCUT2D eigenvalue weighted by atomic mass is 19.1. The Kier molecular flexibility index (Phi) is 3.33. The summed E-state index contributed by atoms with van der Waals surface area (Å²) in [6, 6.07) is 4.37. The second kappa shape index (κ2) is 4.33. The summed E-state index contributed by atoms with van der Waals surface area (Å²) in [4.78, 5) is 0. The molecule has 0 aromatic heterocycles. The van der Waals surface area contributed by atoms with E-state index in [1.54, 1.807) is 6.07 Å². The van der Waals surface area contributed by atoms with E-state index in [0.717, 1.165) is 0 Å². The molecule has 2 nitrogen and oxygen atoms in total. The molecular formula is C12H13FO2. The maximum atomic E-state index is 13.5. The number of terminal acetylenes is 1. The van der Waals surface area contributed by atoms with Crippen LogP contribution >= 0.6 is 0 Å². The van der Waals surface area contributed by atoms with E-state index >= 15 is 0 Å². The minimum absolute atomic E-state index is 0.0320. The van der Waals surface area contributed by atoms with Crippen molar-refractivity contribution in [3.8, 4) is 18.1 Å². The molecule has 1 aromatic carbocycles. The van der Waals surface area contributed by atoms with E-state index in [1.807, 2.05) is 0 Å². The van der Waals surface area contributed by atoms with Crippen LogP contribution in [0.1, 0.15) is 18.9 Å². The van der Waals surface area contributed by atoms with Gasteiger partial charge in [-0.05, 0) is 19.1 Å². The Hall–Kier alpha value is -1.53. The number of benzene rings is 1. The zero-order valence-electron chi connectivity index (χ0n) is 8.75. The average molecular weight is 208 g/mol. The Bertz CT molecular complexity index is 391. The lowest BCUT2D eigenvalue weighted by Crippen LogP contribution is -2.23. The lowest BCUT2D eigenvalue weighted by atomic mass is 9.91. The average Bonchev–Trinajstić information content (AvgIpc) is 2.16. The Morgan fingerprint density at radius 3 is 2.80 bits per heavy atom. The van der Waals surface area contributed by atoms with Crippen LogP contribution in [0.2, 0.25) is 0 Å². The van der Waals surface area contributed by atoms with Crippen molar-refractivity contribution in [1.82, 2.24) is 0 Å². The van der Waals surface area contributed by atoms with Gasteiger partial charge in [0, 0.05) is 6.42 Å². The van der Waals surface area contributed by atoms with Gasteiger partial charge in [0.2, 0.25) is 0 Å². The van der Waals surface area contributed by atoms with Crippen molar-refractivity contribution in [2.75, 3.05) is 7.11 Å². The summed E-state index contributed by atoms with van der Waals surface area (Å²) in [5.41, 5.74) is -1.31. The summed E-state index contributed by atoms with van der Waals surface area (Å²) < 4.78 is 18.5. The number of hydrogen-bond acceptors (Lipinski definition) is 2. The normalized spacial score (nSPS) is 14.1. The first-order valence-corrected chi connectivity index (χ1v) is 4.51. The molecule has 1 rings (SSSR count). The summed E-state index contributed by atoms with van der Waals surface area (Å²) in [5.74, 6) is 2.10. The van der Waals surface area contributed by atoms with Crippen LogP contribution in [0.25, 0.3) is 0 Å². The number of ether oxygens (including phenoxy) is 1. The molecule has 1 N–H and O–H groups in total. The maximum absolute atomic E-state index is 13.5. The van der Waals surface area contributed by atoms with Gasteiger partial charge in [0.05, 0.1) is 12.7 Å². The molecule has 3 heteroatoms. The van der Waals surface area contributed by atoms with E-state index in [9.17, 15) is 9.50 Å². The minimum atomic E-state index is -1.41. The summed E-state index contributed by atoms with van der Waals surface area (Å²) in [7, 11) is 1.42. The van der Waals surface area contributed by atoms with Crippen molar-refractivity contribution < 1.29 is 14.2 Å². The van der Waals surface area contributed by atoms with Gasteiger partial charge in [-0.1, -0.05) is 6.07 Å². The Morgan fingerprint density at radius 1 is 1.60 bits per heavy atom. The van der Waals surface area contributed by atoms with Crippen LogP contribution in [0, 0.1) is 18.2 Å². The van der Waals surface area contributed by atoms with Gasteiger partial charge in [0.1, 0.15) is 17.2 Å². The first-order valence-electron chi connectivity index (χ1n) is 4.51. The van der Waals surface area contributed by atoms with Gasteiger partial charge in [0.25, 0.3) is 0 Å². The Balaban J connectivity index is 3.29. The van der Waals surface area contributed by atoms with Gasteiger partial charge in [-0.25, -0.2) is 4.39 Å². The molecule has 1 atom stereocenters. The van der Waals surface area contributed by atoms with Gasteiger partial charge in [0.15, 0.2) is 0 Å². The molecule has 0 spiro atoms. The van der Waals surface area contributed by atoms with Crippen LogP contribution in [-0.4, -0.2) is 12.2 Å². The van der Waals surface area contributed by atoms with Crippen LogP contribution in [0.15, 0.2) is 18.2 Å². The predicted molar refractivity (Wildman–Crippen MR) is 56.0 cm³/mol. The molecule has 0 saturated carbocycles. The molecule has 0 aliphatic carbocycles. The fourth-order valence-electron chi connectivity index (χ4n) is 1.48. The van der Waals surface area contributed by atoms with Gasteiger partial charge in [-0.3, -0.25) is 0 Å². The number of hydrogen-bond donors (Lipinski definition) is 1. The molecule has 1 aromatic rings. The van der Waals surface area contributed by atoms with Crippen LogP contribution in [-0.2, 0) is 5.60 Å². The third-order valence-corrected chi connectivity index (χ3v) is 2.18. The molecule has 0 bridgehead atoms. The summed E-state index contributed by atoms with van der Waals surface area (Å²) in [6.07, 6.45) is 5.15. The first-order chi connectivity index (χ1) is 7.03. The van der Waals surface area contributed by atoms with Crippen LogP contribution in [0.5, 0.6) is 5.75 Å². The number of rotatable bonds is 3. The third-order valence-electron chi connectivity index (χ3n) is 2.18. The minimum Gasteiger partial charge on any atom is -0.496 e. The van der Waals surface area contributed by atoms with Crippen molar-refractivity contribution >= 4 is 0 Å². The molecule has 1 unspecified atom stereocenters. The second-order valence-electron chi connectivity index (χ2n) is 3.47. The fourth-order valence-corrected chi connectivity index (χ4v) is 1.48. The quantitative estimate of drug-likeness (QED) is 0.770. The lowest BCUT2D eigenvalue weighted by molar-refractivity contribution is 0.0562. The molecule has 0 heterocycles. The predicted octanol–water partition coefficient (Wildman–Crippen LogP) is 2.07. The molecule has 0 aliphatic heterocycles. The van der Waals surface area contributed by atoms with Crippen molar-refractivity contribution in [1.29, 1.82) is 0 Å². The molecule has 0 saturated heterocycles. The van der Waals surface area contributed by atoms with Crippen molar-refractivity contribution in [2.24, 2.45) is 0 Å². The van der Waals surface area contributed by atoms with Gasteiger partial charge in [-0.2, -0.15) is 0 Å². The highest BCUT2D eigenvalue weighted by molar-refractivity contribution is 5.39. The molecule has 0 aliphatic rings. The van der Waals surface area contributed by atoms with Gasteiger partial charge < -0.3 is 9.84 Å². The zero-order valence-corrected chi connectivity index (χ0v) is 8.75. The summed E-state index contributed by atoms with van der Waals surface area (Å²) in [6.45, 7) is 1.47. The lowest BCUT2D eigenvalue weighted by Gasteiger charge is -2.23. The molecule has 15 heavy (non-hydrogen) atoms. The maximum Gasteiger partial charge on any atom is 0.133 e. The number of methoxy groups -OCH3 is 1. The molecule has 80 valence electrons. The third kappa shape index (κ3) is 2.28. The van der Waals surface area contributed by atoms with Crippen molar-refractivity contribution in [3.05, 3.63) is 29.6 Å². The monoisotopic (exact) mass is 208 g/mol. The van der Waals surface area contributed by atoms with Crippen LogP contribution in [0.3, 0.4) is 0 Å². The highest BCUT2D eigenvalue weighted by Crippen LogP contribution is 2.34. The van der Waals surface area contributed by atoms with E-state index < -0.39 is 11.4 Å². The van der Waals surface area contributed by atoms with E-state index in [4.69, 9.17) is 11.2 Å². The number of aliphatic hydroxyl groups is 1. The van der Waals surface area contributed by atoms with E-state index in [1.165, 1.54) is 26.2 Å². The van der Waals surface area contributed by atoms with E-state index in [0.29, 0.717) is 5.75 Å². The smallest absolute Gasteiger partial charge is 0.133 e. The number of halogens is 1. The van der Waals surface area contributed by atoms with Gasteiger partial charge >= 0.3 is 0 Å². The molecule has 0 fully saturated rings. The fraction of sp³-hybridized carbons (Fsp3) is 0.333. The van der Waals surface area contributed by atoms with Crippen molar-refractivity contribution in [3.63, 3.8) is 0 Å². The Labute approximate surface area is 88.7 Å². The standard InChI is InChI=1S/C12H13FO2/c1-4-8-12(2,14)11-9(13)6-5-7-10(11)15-3/h1,5-7,14H,8H2,2-3H3. The van der Waals surface area contributed by atoms with Crippen molar-refractivity contribution in [2.45, 2.75) is 18.9 Å². The van der Waals surface area contributed by atoms with E-state index in [2.05, 4.69) is 5.92 Å². The topological polar surface area (TPSA) is 29.5 Å². The highest BCUT2D eigenvalue weighted by Gasteiger charge is 2.29. The van der Waals surface area contributed by atoms with Crippen LogP contribution in [0.4, 0.5) is 4.39 Å². The summed E-state index contributed by atoms with van der Waals surface area (Å²) in [5, 5.41) is 10.0. The molecule has 0 radical (unpaired) electrons. The molecular weight excluding hydrogens is 195 g/mol. The van der Waals surface area contributed by atoms with Crippen LogP contribution < -0.4 is 4.74 Å². The first kappa shape index (κ1) is 11.5. The Morgan fingerprint density at radius 2 is 2.27 bits per heavy atom. The summed E-state index contributed by atoms with van der Waals surface area (Å²) >= 11 is 0. The second-order valence-corrected chi connectivity index (χ2v) is 3.47. The molecule has 0 amide bonds.